The van der Waals surface area contributed by atoms with Crippen LogP contribution in [-0.4, -0.2) is 68.8 Å². The molecule has 5 atom stereocenters. The summed E-state index contributed by atoms with van der Waals surface area (Å²) in [4.78, 5) is 13.2. The van der Waals surface area contributed by atoms with E-state index < -0.39 is 42.6 Å². The highest BCUT2D eigenvalue weighted by Gasteiger charge is 2.45. The summed E-state index contributed by atoms with van der Waals surface area (Å²) in [5.41, 5.74) is -0.0935. The molecule has 170 valence electrons. The summed E-state index contributed by atoms with van der Waals surface area (Å²) in [6.45, 7) is -0.649. The van der Waals surface area contributed by atoms with Crippen molar-refractivity contribution in [1.29, 1.82) is 0 Å². The number of aliphatic hydroxyl groups is 4. The number of phenols is 2. The van der Waals surface area contributed by atoms with Gasteiger partial charge in [0.25, 0.3) is 0 Å². The van der Waals surface area contributed by atoms with Crippen molar-refractivity contribution in [1.82, 2.24) is 0 Å². The van der Waals surface area contributed by atoms with E-state index in [-0.39, 0.29) is 39.3 Å². The van der Waals surface area contributed by atoms with Crippen molar-refractivity contribution in [3.05, 3.63) is 52.4 Å². The number of ether oxygens (including phenoxy) is 2. The van der Waals surface area contributed by atoms with E-state index in [1.54, 1.807) is 0 Å². The summed E-state index contributed by atoms with van der Waals surface area (Å²) in [7, 11) is 1.37. The molecular formula is C22H22O10. The molecular weight excluding hydrogens is 424 g/mol. The predicted molar refractivity (Wildman–Crippen MR) is 111 cm³/mol. The second-order valence-electron chi connectivity index (χ2n) is 7.49. The number of hydrogen-bond acceptors (Lipinski definition) is 10. The number of fused-ring (bicyclic) bond motifs is 1. The zero-order valence-electron chi connectivity index (χ0n) is 16.9. The normalized spacial score (nSPS) is 25.7. The Hall–Kier alpha value is -3.15. The zero-order valence-corrected chi connectivity index (χ0v) is 16.9. The summed E-state index contributed by atoms with van der Waals surface area (Å²) in [6.07, 6.45) is -6.36. The highest BCUT2D eigenvalue weighted by Crippen LogP contribution is 2.40. The van der Waals surface area contributed by atoms with Gasteiger partial charge < -0.3 is 44.5 Å². The van der Waals surface area contributed by atoms with Crippen molar-refractivity contribution in [3.63, 3.8) is 0 Å². The molecule has 3 aromatic rings. The number of hydrogen-bond donors (Lipinski definition) is 6. The molecule has 0 radical (unpaired) electrons. The van der Waals surface area contributed by atoms with E-state index in [1.165, 1.54) is 37.4 Å². The Morgan fingerprint density at radius 2 is 1.72 bits per heavy atom. The number of aromatic hydroxyl groups is 2. The van der Waals surface area contributed by atoms with Gasteiger partial charge in [0.05, 0.1) is 30.2 Å². The lowest BCUT2D eigenvalue weighted by Crippen LogP contribution is -2.55. The van der Waals surface area contributed by atoms with Gasteiger partial charge in [-0.05, 0) is 29.8 Å². The fourth-order valence-electron chi connectivity index (χ4n) is 3.87. The van der Waals surface area contributed by atoms with Crippen LogP contribution in [0.4, 0.5) is 0 Å². The Labute approximate surface area is 181 Å². The molecule has 32 heavy (non-hydrogen) atoms. The first-order valence-corrected chi connectivity index (χ1v) is 9.73. The van der Waals surface area contributed by atoms with Gasteiger partial charge in [-0.3, -0.25) is 4.79 Å². The quantitative estimate of drug-likeness (QED) is 0.330. The van der Waals surface area contributed by atoms with Gasteiger partial charge in [-0.2, -0.15) is 0 Å². The van der Waals surface area contributed by atoms with E-state index in [2.05, 4.69) is 0 Å². The van der Waals surface area contributed by atoms with E-state index in [1.807, 2.05) is 0 Å². The Balaban J connectivity index is 1.87. The molecule has 0 bridgehead atoms. The van der Waals surface area contributed by atoms with E-state index in [0.29, 0.717) is 5.56 Å². The molecule has 1 saturated heterocycles. The van der Waals surface area contributed by atoms with Crippen LogP contribution in [0.5, 0.6) is 17.2 Å². The Morgan fingerprint density at radius 1 is 1.00 bits per heavy atom. The fraction of sp³-hybridized carbons (Fsp3) is 0.318. The van der Waals surface area contributed by atoms with Crippen molar-refractivity contribution < 1.29 is 44.5 Å². The minimum Gasteiger partial charge on any atom is -0.507 e. The van der Waals surface area contributed by atoms with E-state index >= 15 is 0 Å². The molecule has 0 saturated carbocycles. The molecule has 1 aliphatic rings. The first-order chi connectivity index (χ1) is 15.3. The second kappa shape index (κ2) is 8.41. The zero-order chi connectivity index (χ0) is 23.2. The average molecular weight is 446 g/mol. The van der Waals surface area contributed by atoms with Crippen LogP contribution in [0, 0.1) is 0 Å². The van der Waals surface area contributed by atoms with Crippen molar-refractivity contribution in [3.8, 4) is 28.4 Å². The highest BCUT2D eigenvalue weighted by molar-refractivity contribution is 5.86. The van der Waals surface area contributed by atoms with Crippen LogP contribution in [-0.2, 0) is 4.74 Å². The third-order valence-electron chi connectivity index (χ3n) is 5.62. The van der Waals surface area contributed by atoms with Gasteiger partial charge in [0.1, 0.15) is 48.1 Å². The van der Waals surface area contributed by atoms with Crippen LogP contribution in [0.3, 0.4) is 0 Å². The highest BCUT2D eigenvalue weighted by atomic mass is 16.5. The molecule has 10 nitrogen and oxygen atoms in total. The van der Waals surface area contributed by atoms with Crippen LogP contribution < -0.4 is 10.2 Å². The van der Waals surface area contributed by atoms with Crippen LogP contribution >= 0.6 is 0 Å². The lowest BCUT2D eigenvalue weighted by atomic mass is 9.89. The SMILES string of the molecule is COc1cc(-c2coc3c(C4O[C@H](CO)[C@@H](O)[C@H](O)[C@H]4O)c(O)ccc3c2=O)ccc1O. The Bertz CT molecular complexity index is 1200. The topological polar surface area (TPSA) is 170 Å². The van der Waals surface area contributed by atoms with Crippen molar-refractivity contribution >= 4 is 11.0 Å². The molecule has 1 unspecified atom stereocenters. The Morgan fingerprint density at radius 3 is 2.41 bits per heavy atom. The minimum atomic E-state index is -1.67. The molecule has 1 fully saturated rings. The molecule has 2 aromatic carbocycles. The lowest BCUT2D eigenvalue weighted by molar-refractivity contribution is -0.231. The monoisotopic (exact) mass is 446 g/mol. The van der Waals surface area contributed by atoms with Gasteiger partial charge >= 0.3 is 0 Å². The molecule has 1 aliphatic heterocycles. The molecule has 0 spiro atoms. The maximum Gasteiger partial charge on any atom is 0.200 e. The third-order valence-corrected chi connectivity index (χ3v) is 5.62. The van der Waals surface area contributed by atoms with Gasteiger partial charge in [0.15, 0.2) is 11.5 Å². The Kier molecular flexibility index (Phi) is 5.80. The van der Waals surface area contributed by atoms with Gasteiger partial charge in [-0.15, -0.1) is 0 Å². The lowest BCUT2D eigenvalue weighted by Gasteiger charge is -2.40. The third kappa shape index (κ3) is 3.48. The molecule has 10 heteroatoms. The number of rotatable bonds is 4. The fourth-order valence-corrected chi connectivity index (χ4v) is 3.87. The molecule has 2 heterocycles. The number of methoxy groups -OCH3 is 1. The average Bonchev–Trinajstić information content (AvgIpc) is 2.79. The predicted octanol–water partition coefficient (Wildman–Crippen LogP) is 0.395. The van der Waals surface area contributed by atoms with Crippen LogP contribution in [0.1, 0.15) is 11.7 Å². The summed E-state index contributed by atoms with van der Waals surface area (Å²) >= 11 is 0. The molecule has 0 amide bonds. The van der Waals surface area contributed by atoms with Gasteiger partial charge in [0, 0.05) is 0 Å². The van der Waals surface area contributed by atoms with Crippen LogP contribution in [0.15, 0.2) is 45.8 Å². The smallest absolute Gasteiger partial charge is 0.200 e. The first kappa shape index (κ1) is 22.1. The van der Waals surface area contributed by atoms with Crippen molar-refractivity contribution in [2.24, 2.45) is 0 Å². The standard InChI is InChI=1S/C22H22O10/c1-30-14-6-9(2-4-12(14)24)11-8-31-21-10(17(11)26)3-5-13(25)16(21)22-20(29)19(28)18(27)15(7-23)32-22/h2-6,8,15,18-20,22-25,27-29H,7H2,1H3/t15-,18-,19+,20-,22?/m1/s1. The summed E-state index contributed by atoms with van der Waals surface area (Å²) < 4.78 is 16.3. The van der Waals surface area contributed by atoms with Crippen LogP contribution in [0.2, 0.25) is 0 Å². The maximum absolute atomic E-state index is 13.2. The summed E-state index contributed by atoms with van der Waals surface area (Å²) in [6, 6.07) is 6.90. The largest absolute Gasteiger partial charge is 0.507 e. The van der Waals surface area contributed by atoms with Crippen molar-refractivity contribution in [2.45, 2.75) is 30.5 Å². The van der Waals surface area contributed by atoms with Crippen LogP contribution in [0.25, 0.3) is 22.1 Å². The van der Waals surface area contributed by atoms with E-state index in [4.69, 9.17) is 13.9 Å². The molecule has 6 N–H and O–H groups in total. The summed E-state index contributed by atoms with van der Waals surface area (Å²) in [5.74, 6) is -0.310. The van der Waals surface area contributed by atoms with Gasteiger partial charge in [-0.1, -0.05) is 6.07 Å². The number of benzene rings is 2. The van der Waals surface area contributed by atoms with E-state index in [9.17, 15) is 35.4 Å². The van der Waals surface area contributed by atoms with Gasteiger partial charge in [-0.25, -0.2) is 0 Å². The minimum absolute atomic E-state index is 0.0549. The first-order valence-electron chi connectivity index (χ1n) is 9.73. The number of aliphatic hydroxyl groups excluding tert-OH is 4. The van der Waals surface area contributed by atoms with Gasteiger partial charge in [0.2, 0.25) is 5.43 Å². The maximum atomic E-state index is 13.2. The molecule has 0 aliphatic carbocycles. The summed E-state index contributed by atoms with van der Waals surface area (Å²) in [5, 5.41) is 60.3. The van der Waals surface area contributed by atoms with E-state index in [0.717, 1.165) is 6.26 Å². The number of phenolic OH excluding ortho intramolecular Hbond substituents is 2. The molecule has 1 aromatic heterocycles. The molecule has 4 rings (SSSR count). The van der Waals surface area contributed by atoms with Crippen molar-refractivity contribution in [2.75, 3.05) is 13.7 Å². The second-order valence-corrected chi connectivity index (χ2v) is 7.49.